The SMILES string of the molecule is CCOc1cc2c(cc1OCC)CN(c1cc(C#N)ccc1[N+](=O)[O-])CC2. The number of nitrogens with zero attached hydrogens (tertiary/aromatic N) is 3. The van der Waals surface area contributed by atoms with E-state index in [1.807, 2.05) is 30.9 Å². The number of benzene rings is 2. The van der Waals surface area contributed by atoms with E-state index in [1.54, 1.807) is 6.07 Å². The highest BCUT2D eigenvalue weighted by molar-refractivity contribution is 5.67. The molecule has 7 nitrogen and oxygen atoms in total. The molecule has 1 aliphatic heterocycles. The molecule has 2 aromatic rings. The van der Waals surface area contributed by atoms with Gasteiger partial charge in [-0.1, -0.05) is 0 Å². The van der Waals surface area contributed by atoms with Gasteiger partial charge in [0.15, 0.2) is 11.5 Å². The Kier molecular flexibility index (Phi) is 5.46. The Balaban J connectivity index is 1.98. The Morgan fingerprint density at radius 2 is 1.81 bits per heavy atom. The molecule has 140 valence electrons. The molecule has 3 rings (SSSR count). The van der Waals surface area contributed by atoms with Crippen molar-refractivity contribution in [2.75, 3.05) is 24.7 Å². The van der Waals surface area contributed by atoms with Crippen molar-refractivity contribution in [1.82, 2.24) is 0 Å². The maximum absolute atomic E-state index is 11.4. The highest BCUT2D eigenvalue weighted by atomic mass is 16.6. The Bertz CT molecular complexity index is 905. The Morgan fingerprint density at radius 1 is 1.15 bits per heavy atom. The third-order valence-electron chi connectivity index (χ3n) is 4.52. The first-order valence-electron chi connectivity index (χ1n) is 8.92. The molecule has 0 amide bonds. The topological polar surface area (TPSA) is 88.6 Å². The van der Waals surface area contributed by atoms with Crippen molar-refractivity contribution in [3.8, 4) is 17.6 Å². The number of nitriles is 1. The fourth-order valence-corrected chi connectivity index (χ4v) is 3.31. The fourth-order valence-electron chi connectivity index (χ4n) is 3.31. The van der Waals surface area contributed by atoms with Crippen LogP contribution >= 0.6 is 0 Å². The van der Waals surface area contributed by atoms with Crippen LogP contribution in [0.1, 0.15) is 30.5 Å². The lowest BCUT2D eigenvalue weighted by atomic mass is 9.98. The summed E-state index contributed by atoms with van der Waals surface area (Å²) in [5.41, 5.74) is 3.08. The molecule has 0 unspecified atom stereocenters. The van der Waals surface area contributed by atoms with Gasteiger partial charge in [-0.15, -0.1) is 0 Å². The minimum Gasteiger partial charge on any atom is -0.490 e. The zero-order valence-electron chi connectivity index (χ0n) is 15.4. The molecule has 1 aliphatic rings. The van der Waals surface area contributed by atoms with Gasteiger partial charge >= 0.3 is 0 Å². The van der Waals surface area contributed by atoms with Crippen LogP contribution in [0.15, 0.2) is 30.3 Å². The molecule has 0 aromatic heterocycles. The molecule has 1 heterocycles. The lowest BCUT2D eigenvalue weighted by Crippen LogP contribution is -2.31. The molecule has 0 spiro atoms. The molecule has 0 bridgehead atoms. The summed E-state index contributed by atoms with van der Waals surface area (Å²) in [5.74, 6) is 1.41. The minimum atomic E-state index is -0.407. The van der Waals surface area contributed by atoms with Crippen LogP contribution in [0, 0.1) is 21.4 Å². The van der Waals surface area contributed by atoms with E-state index >= 15 is 0 Å². The predicted octanol–water partition coefficient (Wildman–Crippen LogP) is 3.83. The molecule has 0 atom stereocenters. The van der Waals surface area contributed by atoms with Crippen molar-refractivity contribution >= 4 is 11.4 Å². The van der Waals surface area contributed by atoms with Gasteiger partial charge in [-0.25, -0.2) is 0 Å². The third-order valence-corrected chi connectivity index (χ3v) is 4.52. The van der Waals surface area contributed by atoms with Crippen LogP contribution in [-0.2, 0) is 13.0 Å². The van der Waals surface area contributed by atoms with Gasteiger partial charge in [0.2, 0.25) is 0 Å². The van der Waals surface area contributed by atoms with E-state index in [-0.39, 0.29) is 5.69 Å². The zero-order valence-corrected chi connectivity index (χ0v) is 15.4. The first-order valence-corrected chi connectivity index (χ1v) is 8.92. The molecule has 27 heavy (non-hydrogen) atoms. The Hall–Kier alpha value is -3.27. The second kappa shape index (κ2) is 7.96. The van der Waals surface area contributed by atoms with E-state index in [0.717, 1.165) is 23.3 Å². The number of anilines is 1. The van der Waals surface area contributed by atoms with Gasteiger partial charge < -0.3 is 14.4 Å². The highest BCUT2D eigenvalue weighted by Crippen LogP contribution is 2.37. The summed E-state index contributed by atoms with van der Waals surface area (Å²) in [6, 6.07) is 10.5. The average molecular weight is 367 g/mol. The number of fused-ring (bicyclic) bond motifs is 1. The van der Waals surface area contributed by atoms with Crippen molar-refractivity contribution < 1.29 is 14.4 Å². The van der Waals surface area contributed by atoms with Crippen LogP contribution in [0.2, 0.25) is 0 Å². The normalized spacial score (nSPS) is 12.9. The maximum Gasteiger partial charge on any atom is 0.292 e. The standard InChI is InChI=1S/C20H21N3O4/c1-3-26-19-10-15-7-8-22(13-16(15)11-20(19)27-4-2)18-9-14(12-21)5-6-17(18)23(24)25/h5-6,9-11H,3-4,7-8,13H2,1-2H3. The number of nitro benzene ring substituents is 1. The number of rotatable bonds is 6. The molecular weight excluding hydrogens is 346 g/mol. The van der Waals surface area contributed by atoms with Crippen LogP contribution in [0.5, 0.6) is 11.5 Å². The first-order chi connectivity index (χ1) is 13.1. The van der Waals surface area contributed by atoms with E-state index in [1.165, 1.54) is 12.1 Å². The van der Waals surface area contributed by atoms with Gasteiger partial charge in [0.05, 0.1) is 29.8 Å². The Morgan fingerprint density at radius 3 is 2.41 bits per heavy atom. The highest BCUT2D eigenvalue weighted by Gasteiger charge is 2.25. The zero-order chi connectivity index (χ0) is 19.4. The van der Waals surface area contributed by atoms with Crippen molar-refractivity contribution in [3.05, 3.63) is 57.1 Å². The maximum atomic E-state index is 11.4. The second-order valence-corrected chi connectivity index (χ2v) is 6.18. The molecule has 0 radical (unpaired) electrons. The summed E-state index contributed by atoms with van der Waals surface area (Å²) in [6.45, 7) is 6.06. The summed E-state index contributed by atoms with van der Waals surface area (Å²) in [4.78, 5) is 13.0. The van der Waals surface area contributed by atoms with Crippen LogP contribution in [-0.4, -0.2) is 24.7 Å². The van der Waals surface area contributed by atoms with Crippen molar-refractivity contribution in [3.63, 3.8) is 0 Å². The summed E-state index contributed by atoms with van der Waals surface area (Å²) < 4.78 is 11.4. The monoisotopic (exact) mass is 367 g/mol. The molecular formula is C20H21N3O4. The molecule has 0 aliphatic carbocycles. The summed E-state index contributed by atoms with van der Waals surface area (Å²) in [6.07, 6.45) is 0.732. The molecule has 2 aromatic carbocycles. The number of nitro groups is 1. The van der Waals surface area contributed by atoms with Gasteiger partial charge in [0.25, 0.3) is 5.69 Å². The van der Waals surface area contributed by atoms with Gasteiger partial charge in [-0.05, 0) is 55.7 Å². The van der Waals surface area contributed by atoms with Crippen LogP contribution in [0.4, 0.5) is 11.4 Å². The molecule has 7 heteroatoms. The predicted molar refractivity (Wildman–Crippen MR) is 101 cm³/mol. The van der Waals surface area contributed by atoms with Crippen molar-refractivity contribution in [2.24, 2.45) is 0 Å². The number of hydrogen-bond acceptors (Lipinski definition) is 6. The van der Waals surface area contributed by atoms with Crippen LogP contribution in [0.25, 0.3) is 0 Å². The van der Waals surface area contributed by atoms with E-state index in [0.29, 0.717) is 43.3 Å². The fraction of sp³-hybridized carbons (Fsp3) is 0.350. The van der Waals surface area contributed by atoms with E-state index in [2.05, 4.69) is 6.07 Å². The van der Waals surface area contributed by atoms with Crippen LogP contribution < -0.4 is 14.4 Å². The number of ether oxygens (including phenoxy) is 2. The molecule has 0 N–H and O–H groups in total. The van der Waals surface area contributed by atoms with Gasteiger partial charge in [-0.3, -0.25) is 10.1 Å². The second-order valence-electron chi connectivity index (χ2n) is 6.18. The van der Waals surface area contributed by atoms with E-state index in [4.69, 9.17) is 14.7 Å². The lowest BCUT2D eigenvalue weighted by molar-refractivity contribution is -0.384. The quantitative estimate of drug-likeness (QED) is 0.569. The van der Waals surface area contributed by atoms with Gasteiger partial charge in [0.1, 0.15) is 5.69 Å². The molecule has 0 saturated heterocycles. The third kappa shape index (κ3) is 3.80. The molecule has 0 saturated carbocycles. The van der Waals surface area contributed by atoms with E-state index < -0.39 is 4.92 Å². The average Bonchev–Trinajstić information content (AvgIpc) is 2.68. The summed E-state index contributed by atoms with van der Waals surface area (Å²) in [7, 11) is 0. The number of hydrogen-bond donors (Lipinski definition) is 0. The summed E-state index contributed by atoms with van der Waals surface area (Å²) >= 11 is 0. The largest absolute Gasteiger partial charge is 0.490 e. The summed E-state index contributed by atoms with van der Waals surface area (Å²) in [5, 5.41) is 20.6. The molecule has 0 fully saturated rings. The van der Waals surface area contributed by atoms with Gasteiger partial charge in [-0.2, -0.15) is 5.26 Å². The minimum absolute atomic E-state index is 0.00779. The van der Waals surface area contributed by atoms with Gasteiger partial charge in [0, 0.05) is 19.2 Å². The first kappa shape index (κ1) is 18.5. The Labute approximate surface area is 157 Å². The van der Waals surface area contributed by atoms with Crippen molar-refractivity contribution in [1.29, 1.82) is 5.26 Å². The smallest absolute Gasteiger partial charge is 0.292 e. The lowest BCUT2D eigenvalue weighted by Gasteiger charge is -2.31. The van der Waals surface area contributed by atoms with Crippen molar-refractivity contribution in [2.45, 2.75) is 26.8 Å². The van der Waals surface area contributed by atoms with E-state index in [9.17, 15) is 10.1 Å². The van der Waals surface area contributed by atoms with Crippen LogP contribution in [0.3, 0.4) is 0 Å².